The van der Waals surface area contributed by atoms with E-state index in [2.05, 4.69) is 40.7 Å². The second-order valence-corrected chi connectivity index (χ2v) is 20.1. The van der Waals surface area contributed by atoms with Crippen LogP contribution in [0.5, 0.6) is 0 Å². The molecule has 4 saturated carbocycles. The maximum Gasteiger partial charge on any atom is 0.314 e. The summed E-state index contributed by atoms with van der Waals surface area (Å²) in [4.78, 5) is 28.0. The highest BCUT2D eigenvalue weighted by Gasteiger charge is 2.70. The summed E-state index contributed by atoms with van der Waals surface area (Å²) in [6, 6.07) is 0. The van der Waals surface area contributed by atoms with Gasteiger partial charge in [-0.3, -0.25) is 9.59 Å². The van der Waals surface area contributed by atoms with Gasteiger partial charge in [0.2, 0.25) is 6.29 Å². The van der Waals surface area contributed by atoms with Crippen LogP contribution in [0, 0.1) is 50.2 Å². The Kier molecular flexibility index (Phi) is 11.0. The summed E-state index contributed by atoms with van der Waals surface area (Å²) in [5.41, 5.74) is -1.48. The number of carbonyl (C=O) groups excluding carboxylic acids is 2. The van der Waals surface area contributed by atoms with Crippen LogP contribution in [0.25, 0.3) is 0 Å². The molecule has 0 spiro atoms. The monoisotopic (exact) mass is 794 g/mol. The molecular weight excluding hydrogens is 728 g/mol. The molecule has 2 aliphatic heterocycles. The van der Waals surface area contributed by atoms with Gasteiger partial charge in [0.15, 0.2) is 6.29 Å². The fourth-order valence-corrected chi connectivity index (χ4v) is 13.5. The van der Waals surface area contributed by atoms with Gasteiger partial charge in [-0.15, -0.1) is 0 Å². The number of aliphatic hydroxyl groups is 7. The number of ether oxygens (including phenoxy) is 5. The van der Waals surface area contributed by atoms with Crippen molar-refractivity contribution in [3.8, 4) is 0 Å². The quantitative estimate of drug-likeness (QED) is 0.116. The molecule has 6 fully saturated rings. The van der Waals surface area contributed by atoms with E-state index in [0.29, 0.717) is 31.6 Å². The van der Waals surface area contributed by atoms with Gasteiger partial charge in [0.1, 0.15) is 42.7 Å². The van der Waals surface area contributed by atoms with E-state index in [-0.39, 0.29) is 52.2 Å². The zero-order valence-electron chi connectivity index (χ0n) is 34.1. The largest absolute Gasteiger partial charge is 0.469 e. The van der Waals surface area contributed by atoms with Crippen LogP contribution < -0.4 is 0 Å². The first-order valence-electron chi connectivity index (χ1n) is 20.8. The average Bonchev–Trinajstić information content (AvgIpc) is 3.16. The Bertz CT molecular complexity index is 1550. The summed E-state index contributed by atoms with van der Waals surface area (Å²) < 4.78 is 28.9. The number of hydrogen-bond donors (Lipinski definition) is 7. The van der Waals surface area contributed by atoms with Crippen molar-refractivity contribution >= 4 is 11.9 Å². The smallest absolute Gasteiger partial charge is 0.314 e. The Morgan fingerprint density at radius 1 is 0.786 bits per heavy atom. The summed E-state index contributed by atoms with van der Waals surface area (Å²) in [5, 5.41) is 72.0. The first-order valence-corrected chi connectivity index (χ1v) is 20.8. The predicted molar refractivity (Wildman–Crippen MR) is 198 cm³/mol. The van der Waals surface area contributed by atoms with Crippen LogP contribution in [0.3, 0.4) is 0 Å². The van der Waals surface area contributed by atoms with Crippen molar-refractivity contribution in [1.29, 1.82) is 0 Å². The molecule has 56 heavy (non-hydrogen) atoms. The van der Waals surface area contributed by atoms with Crippen LogP contribution in [-0.2, 0) is 33.3 Å². The van der Waals surface area contributed by atoms with Crippen LogP contribution in [-0.4, -0.2) is 129 Å². The minimum atomic E-state index is -1.72. The summed E-state index contributed by atoms with van der Waals surface area (Å²) in [6.45, 7) is 12.8. The van der Waals surface area contributed by atoms with Gasteiger partial charge < -0.3 is 59.4 Å². The van der Waals surface area contributed by atoms with E-state index >= 15 is 0 Å². The molecule has 7 N–H and O–H groups in total. The summed E-state index contributed by atoms with van der Waals surface area (Å²) in [5.74, 6) is -0.622. The topological polar surface area (TPSA) is 222 Å². The second-order valence-electron chi connectivity index (χ2n) is 20.1. The van der Waals surface area contributed by atoms with Gasteiger partial charge in [-0.1, -0.05) is 46.3 Å². The maximum atomic E-state index is 14.1. The molecule has 318 valence electrons. The van der Waals surface area contributed by atoms with Gasteiger partial charge in [-0.2, -0.15) is 0 Å². The van der Waals surface area contributed by atoms with E-state index in [9.17, 15) is 45.3 Å². The third-order valence-corrected chi connectivity index (χ3v) is 17.3. The van der Waals surface area contributed by atoms with E-state index in [4.69, 9.17) is 23.7 Å². The predicted octanol–water partition coefficient (Wildman–Crippen LogP) is 2.11. The maximum absolute atomic E-state index is 14.1. The van der Waals surface area contributed by atoms with Crippen molar-refractivity contribution in [3.05, 3.63) is 11.6 Å². The van der Waals surface area contributed by atoms with E-state index in [1.807, 2.05) is 6.92 Å². The van der Waals surface area contributed by atoms with Gasteiger partial charge >= 0.3 is 11.9 Å². The third kappa shape index (κ3) is 6.09. The van der Waals surface area contributed by atoms with Crippen LogP contribution in [0.15, 0.2) is 11.6 Å². The number of hydrogen-bond acceptors (Lipinski definition) is 14. The first-order chi connectivity index (χ1) is 26.1. The molecule has 2 heterocycles. The average molecular weight is 795 g/mol. The van der Waals surface area contributed by atoms with Crippen molar-refractivity contribution in [3.63, 3.8) is 0 Å². The normalized spacial score (nSPS) is 52.6. The molecule has 5 aliphatic carbocycles. The number of aliphatic hydroxyl groups excluding tert-OH is 7. The lowest BCUT2D eigenvalue weighted by Crippen LogP contribution is -2.66. The molecule has 2 saturated heterocycles. The Hall–Kier alpha value is -1.72. The number of fused-ring (bicyclic) bond motifs is 7. The lowest BCUT2D eigenvalue weighted by atomic mass is 9.33. The van der Waals surface area contributed by atoms with Crippen LogP contribution >= 0.6 is 0 Å². The van der Waals surface area contributed by atoms with E-state index in [1.165, 1.54) is 12.7 Å². The molecule has 0 radical (unpaired) electrons. The van der Waals surface area contributed by atoms with Crippen LogP contribution in [0.4, 0.5) is 0 Å². The number of allylic oxidation sites excluding steroid dienone is 2. The molecule has 0 aromatic rings. The first kappa shape index (κ1) is 42.4. The molecule has 0 unspecified atom stereocenters. The van der Waals surface area contributed by atoms with Crippen LogP contribution in [0.1, 0.15) is 106 Å². The lowest BCUT2D eigenvalue weighted by molar-refractivity contribution is -0.308. The molecule has 0 amide bonds. The molecule has 14 heteroatoms. The van der Waals surface area contributed by atoms with Crippen molar-refractivity contribution in [2.75, 3.05) is 20.3 Å². The summed E-state index contributed by atoms with van der Waals surface area (Å²) in [6.07, 6.45) is -3.72. The van der Waals surface area contributed by atoms with Gasteiger partial charge in [-0.25, -0.2) is 0 Å². The number of methoxy groups -OCH3 is 1. The number of carbonyl (C=O) groups is 2. The van der Waals surface area contributed by atoms with Crippen molar-refractivity contribution in [1.82, 2.24) is 0 Å². The van der Waals surface area contributed by atoms with Crippen molar-refractivity contribution < 1.29 is 69.0 Å². The zero-order valence-corrected chi connectivity index (χ0v) is 34.1. The van der Waals surface area contributed by atoms with Gasteiger partial charge in [0, 0.05) is 0 Å². The molecular formula is C42H66O14. The van der Waals surface area contributed by atoms with Crippen molar-refractivity contribution in [2.24, 2.45) is 50.2 Å². The minimum absolute atomic E-state index is 0.0592. The summed E-state index contributed by atoms with van der Waals surface area (Å²) >= 11 is 0. The molecule has 7 rings (SSSR count). The Labute approximate surface area is 329 Å². The highest BCUT2D eigenvalue weighted by Crippen LogP contribution is 2.76. The molecule has 0 aromatic heterocycles. The van der Waals surface area contributed by atoms with Gasteiger partial charge in [-0.05, 0) is 111 Å². The Morgan fingerprint density at radius 2 is 1.46 bits per heavy atom. The molecule has 7 aliphatic rings. The third-order valence-electron chi connectivity index (χ3n) is 17.3. The highest BCUT2D eigenvalue weighted by atomic mass is 16.7. The van der Waals surface area contributed by atoms with E-state index < -0.39 is 78.7 Å². The highest BCUT2D eigenvalue weighted by molar-refractivity contribution is 5.81. The van der Waals surface area contributed by atoms with Crippen LogP contribution in [0.2, 0.25) is 0 Å². The standard InChI is InChI=1S/C42H66O14/c1-37(2)25-10-13-41(6)26(39(25,4)12-11-27(37)55-33-31(48)28(45)23(44)20-53-33)9-8-21-22-18-38(3,14-16-42(22,36(51)52-7)17-15-40(21,41)5)35(50)56-34-32(49)30(47)29(46)24(19-43)54-34/h8,22-34,43-49H,9-20H2,1-7H3/t22-,23+,24+,25-,26+,27-,28-,29+,30-,31+,32+,33-,34-,38+,39-,40+,41+,42-/m0/s1. The molecule has 18 atom stereocenters. The lowest BCUT2D eigenvalue weighted by Gasteiger charge is -2.71. The number of rotatable bonds is 6. The van der Waals surface area contributed by atoms with E-state index in [1.54, 1.807) is 0 Å². The minimum Gasteiger partial charge on any atom is -0.469 e. The zero-order chi connectivity index (χ0) is 41.0. The Balaban J connectivity index is 1.16. The summed E-state index contributed by atoms with van der Waals surface area (Å²) in [7, 11) is 1.42. The van der Waals surface area contributed by atoms with Gasteiger partial charge in [0.05, 0.1) is 37.3 Å². The molecule has 14 nitrogen and oxygen atoms in total. The fraction of sp³-hybridized carbons (Fsp3) is 0.905. The fourth-order valence-electron chi connectivity index (χ4n) is 13.5. The Morgan fingerprint density at radius 3 is 2.14 bits per heavy atom. The SMILES string of the molecule is COC(=O)[C@]12CC[C@@](C)(C(=O)O[C@@H]3O[C@H](CO)[C@@H](O)[C@H](O)[C@H]3O)C[C@H]1C1=CC[C@@H]3[C@@]4(C)CC[C@H](O[C@@H]5OC[C@@H](O)[C@H](O)[C@H]5O)C(C)(C)[C@@H]4CC[C@@]3(C)[C@]1(C)CC2. The number of esters is 2. The van der Waals surface area contributed by atoms with Gasteiger partial charge in [0.25, 0.3) is 0 Å². The molecule has 0 bridgehead atoms. The molecule has 0 aromatic carbocycles. The van der Waals surface area contributed by atoms with Crippen molar-refractivity contribution in [2.45, 2.75) is 167 Å². The van der Waals surface area contributed by atoms with E-state index in [0.717, 1.165) is 38.5 Å². The second kappa shape index (κ2) is 14.5.